The number of benzene rings is 1. The SMILES string of the molecule is O=C(O)CC(CN1CC[C@@H](CCc2ccc3c(n2)NCCC3)C1)c1cccc(OC2CCOCC2)c1. The van der Waals surface area contributed by atoms with Gasteiger partial charge in [-0.1, -0.05) is 18.2 Å². The van der Waals surface area contributed by atoms with Gasteiger partial charge < -0.3 is 24.8 Å². The van der Waals surface area contributed by atoms with Crippen LogP contribution in [-0.2, 0) is 22.4 Å². The fraction of sp³-hybridized carbons (Fsp3) is 0.586. The minimum Gasteiger partial charge on any atom is -0.490 e. The first kappa shape index (κ1) is 25.0. The number of carboxylic acids is 1. The molecular weight excluding hydrogens is 454 g/mol. The highest BCUT2D eigenvalue weighted by Gasteiger charge is 2.27. The van der Waals surface area contributed by atoms with Crippen molar-refractivity contribution in [1.82, 2.24) is 9.88 Å². The molecule has 0 radical (unpaired) electrons. The van der Waals surface area contributed by atoms with Crippen LogP contribution in [-0.4, -0.2) is 66.5 Å². The van der Waals surface area contributed by atoms with Crippen LogP contribution in [0.15, 0.2) is 36.4 Å². The summed E-state index contributed by atoms with van der Waals surface area (Å²) in [4.78, 5) is 19.0. The molecule has 36 heavy (non-hydrogen) atoms. The first-order valence-electron chi connectivity index (χ1n) is 13.6. The van der Waals surface area contributed by atoms with Crippen molar-refractivity contribution in [2.75, 3.05) is 44.7 Å². The summed E-state index contributed by atoms with van der Waals surface area (Å²) in [6.45, 7) is 5.31. The number of carbonyl (C=O) groups is 1. The van der Waals surface area contributed by atoms with Gasteiger partial charge in [0.15, 0.2) is 0 Å². The number of aliphatic carboxylic acids is 1. The molecule has 1 aromatic heterocycles. The van der Waals surface area contributed by atoms with Gasteiger partial charge in [-0.25, -0.2) is 4.98 Å². The number of likely N-dealkylation sites (tertiary alicyclic amines) is 1. The molecule has 5 rings (SSSR count). The minimum atomic E-state index is -0.751. The van der Waals surface area contributed by atoms with E-state index in [0.29, 0.717) is 5.92 Å². The molecule has 0 amide bonds. The van der Waals surface area contributed by atoms with Crippen molar-refractivity contribution in [2.24, 2.45) is 5.92 Å². The molecule has 7 heteroatoms. The highest BCUT2D eigenvalue weighted by molar-refractivity contribution is 5.68. The average molecular weight is 494 g/mol. The van der Waals surface area contributed by atoms with E-state index in [4.69, 9.17) is 14.5 Å². The zero-order chi connectivity index (χ0) is 24.7. The van der Waals surface area contributed by atoms with Crippen molar-refractivity contribution < 1.29 is 19.4 Å². The van der Waals surface area contributed by atoms with E-state index in [-0.39, 0.29) is 18.4 Å². The minimum absolute atomic E-state index is 0.0483. The van der Waals surface area contributed by atoms with Gasteiger partial charge in [-0.2, -0.15) is 0 Å². The van der Waals surface area contributed by atoms with E-state index < -0.39 is 5.97 Å². The smallest absolute Gasteiger partial charge is 0.304 e. The molecular formula is C29H39N3O4. The van der Waals surface area contributed by atoms with Crippen LogP contribution in [0, 0.1) is 5.92 Å². The highest BCUT2D eigenvalue weighted by Crippen LogP contribution is 2.30. The number of pyridine rings is 1. The van der Waals surface area contributed by atoms with E-state index in [1.54, 1.807) is 0 Å². The first-order valence-corrected chi connectivity index (χ1v) is 13.6. The monoisotopic (exact) mass is 493 g/mol. The zero-order valence-electron chi connectivity index (χ0n) is 21.2. The normalized spacial score (nSPS) is 21.5. The number of aromatic nitrogens is 1. The van der Waals surface area contributed by atoms with Gasteiger partial charge in [-0.15, -0.1) is 0 Å². The number of ether oxygens (including phenoxy) is 2. The van der Waals surface area contributed by atoms with E-state index in [1.165, 1.54) is 17.7 Å². The van der Waals surface area contributed by atoms with Crippen molar-refractivity contribution in [3.8, 4) is 5.75 Å². The molecule has 2 saturated heterocycles. The Morgan fingerprint density at radius 1 is 1.22 bits per heavy atom. The fourth-order valence-corrected chi connectivity index (χ4v) is 5.81. The molecule has 1 aromatic carbocycles. The Morgan fingerprint density at radius 3 is 2.97 bits per heavy atom. The molecule has 0 spiro atoms. The van der Waals surface area contributed by atoms with Crippen LogP contribution in [0.1, 0.15) is 61.3 Å². The molecule has 0 saturated carbocycles. The van der Waals surface area contributed by atoms with Gasteiger partial charge in [0.1, 0.15) is 17.7 Å². The number of hydrogen-bond donors (Lipinski definition) is 2. The maximum absolute atomic E-state index is 11.7. The Kier molecular flexibility index (Phi) is 8.39. The fourth-order valence-electron chi connectivity index (χ4n) is 5.81. The highest BCUT2D eigenvalue weighted by atomic mass is 16.5. The lowest BCUT2D eigenvalue weighted by Crippen LogP contribution is -2.28. The molecule has 4 heterocycles. The molecule has 2 N–H and O–H groups in total. The molecule has 194 valence electrons. The average Bonchev–Trinajstić information content (AvgIpc) is 3.35. The number of nitrogens with one attached hydrogen (secondary N) is 1. The van der Waals surface area contributed by atoms with Crippen LogP contribution in [0.4, 0.5) is 5.82 Å². The van der Waals surface area contributed by atoms with Crippen LogP contribution in [0.2, 0.25) is 0 Å². The molecule has 1 unspecified atom stereocenters. The quantitative estimate of drug-likeness (QED) is 0.504. The van der Waals surface area contributed by atoms with Crippen molar-refractivity contribution in [3.05, 3.63) is 53.2 Å². The molecule has 2 atom stereocenters. The molecule has 2 aromatic rings. The standard InChI is InChI=1S/C29H39N3O4/c33-28(34)18-24(23-3-1-5-27(17-23)36-26-11-15-35-16-12-26)20-32-14-10-21(19-32)6-8-25-9-7-22-4-2-13-30-29(22)31-25/h1,3,5,7,9,17,21,24,26H,2,4,6,8,10-16,18-20H2,(H,30,31)(H,33,34)/t21-,24?/m1/s1. The van der Waals surface area contributed by atoms with Crippen molar-refractivity contribution in [3.63, 3.8) is 0 Å². The Morgan fingerprint density at radius 2 is 2.11 bits per heavy atom. The number of rotatable bonds is 10. The van der Waals surface area contributed by atoms with Crippen molar-refractivity contribution in [2.45, 2.75) is 63.4 Å². The molecule has 3 aliphatic heterocycles. The number of aryl methyl sites for hydroxylation is 2. The van der Waals surface area contributed by atoms with Gasteiger partial charge in [0.25, 0.3) is 0 Å². The van der Waals surface area contributed by atoms with Crippen LogP contribution >= 0.6 is 0 Å². The van der Waals surface area contributed by atoms with Gasteiger partial charge in [-0.05, 0) is 73.9 Å². The Labute approximate surface area is 214 Å². The first-order chi connectivity index (χ1) is 17.6. The van der Waals surface area contributed by atoms with E-state index in [9.17, 15) is 9.90 Å². The topological polar surface area (TPSA) is 83.9 Å². The van der Waals surface area contributed by atoms with E-state index >= 15 is 0 Å². The second-order valence-corrected chi connectivity index (χ2v) is 10.6. The summed E-state index contributed by atoms with van der Waals surface area (Å²) in [5.74, 6) is 1.74. The number of hydrogen-bond acceptors (Lipinski definition) is 6. The van der Waals surface area contributed by atoms with Gasteiger partial charge in [0, 0.05) is 44.1 Å². The summed E-state index contributed by atoms with van der Waals surface area (Å²) in [7, 11) is 0. The van der Waals surface area contributed by atoms with Gasteiger partial charge >= 0.3 is 5.97 Å². The lowest BCUT2D eigenvalue weighted by atomic mass is 9.94. The summed E-state index contributed by atoms with van der Waals surface area (Å²) in [6, 6.07) is 12.5. The van der Waals surface area contributed by atoms with Crippen LogP contribution in [0.25, 0.3) is 0 Å². The Bertz CT molecular complexity index is 1020. The third-order valence-electron chi connectivity index (χ3n) is 7.83. The van der Waals surface area contributed by atoms with Crippen LogP contribution < -0.4 is 10.1 Å². The summed E-state index contributed by atoms with van der Waals surface area (Å²) in [5, 5.41) is 13.1. The number of nitrogens with zero attached hydrogens (tertiary/aromatic N) is 2. The zero-order valence-corrected chi connectivity index (χ0v) is 21.2. The summed E-state index contributed by atoms with van der Waals surface area (Å²) >= 11 is 0. The molecule has 0 aliphatic carbocycles. The number of carboxylic acid groups (broad SMARTS) is 1. The molecule has 2 fully saturated rings. The van der Waals surface area contributed by atoms with Gasteiger partial charge in [0.05, 0.1) is 19.6 Å². The van der Waals surface area contributed by atoms with E-state index in [0.717, 1.165) is 95.0 Å². The van der Waals surface area contributed by atoms with Gasteiger partial charge in [0.2, 0.25) is 0 Å². The lowest BCUT2D eigenvalue weighted by molar-refractivity contribution is -0.137. The predicted molar refractivity (Wildman–Crippen MR) is 140 cm³/mol. The van der Waals surface area contributed by atoms with E-state index in [2.05, 4.69) is 22.3 Å². The number of anilines is 1. The molecule has 7 nitrogen and oxygen atoms in total. The predicted octanol–water partition coefficient (Wildman–Crippen LogP) is 4.51. The third kappa shape index (κ3) is 6.77. The number of fused-ring (bicyclic) bond motifs is 1. The maximum atomic E-state index is 11.7. The summed E-state index contributed by atoms with van der Waals surface area (Å²) < 4.78 is 11.6. The lowest BCUT2D eigenvalue weighted by Gasteiger charge is -2.25. The third-order valence-corrected chi connectivity index (χ3v) is 7.83. The maximum Gasteiger partial charge on any atom is 0.304 e. The largest absolute Gasteiger partial charge is 0.490 e. The van der Waals surface area contributed by atoms with E-state index in [1.807, 2.05) is 24.3 Å². The second-order valence-electron chi connectivity index (χ2n) is 10.6. The summed E-state index contributed by atoms with van der Waals surface area (Å²) in [5.41, 5.74) is 3.56. The van der Waals surface area contributed by atoms with Crippen LogP contribution in [0.3, 0.4) is 0 Å². The van der Waals surface area contributed by atoms with Crippen LogP contribution in [0.5, 0.6) is 5.75 Å². The molecule has 3 aliphatic rings. The Balaban J connectivity index is 1.16. The van der Waals surface area contributed by atoms with Crippen molar-refractivity contribution in [1.29, 1.82) is 0 Å². The van der Waals surface area contributed by atoms with Gasteiger partial charge in [-0.3, -0.25) is 4.79 Å². The van der Waals surface area contributed by atoms with Crippen molar-refractivity contribution >= 4 is 11.8 Å². The second kappa shape index (κ2) is 12.1. The summed E-state index contributed by atoms with van der Waals surface area (Å²) in [6.07, 6.45) is 7.69. The molecule has 0 bridgehead atoms. The Hall–Kier alpha value is -2.64.